The summed E-state index contributed by atoms with van der Waals surface area (Å²) >= 11 is 11.8. The van der Waals surface area contributed by atoms with Gasteiger partial charge in [-0.2, -0.15) is 0 Å². The first kappa shape index (κ1) is 18.0. The number of amides is 3. The summed E-state index contributed by atoms with van der Waals surface area (Å²) in [6.07, 6.45) is 5.31. The zero-order valence-corrected chi connectivity index (χ0v) is 15.2. The van der Waals surface area contributed by atoms with Gasteiger partial charge in [-0.3, -0.25) is 19.3 Å². The van der Waals surface area contributed by atoms with Crippen LogP contribution in [0.25, 0.3) is 0 Å². The van der Waals surface area contributed by atoms with Crippen LogP contribution in [0.5, 0.6) is 0 Å². The molecule has 2 aliphatic rings. The van der Waals surface area contributed by atoms with Crippen LogP contribution in [-0.2, 0) is 14.4 Å². The third-order valence-corrected chi connectivity index (χ3v) is 5.52. The van der Waals surface area contributed by atoms with Crippen molar-refractivity contribution in [3.05, 3.63) is 40.4 Å². The first-order valence-corrected chi connectivity index (χ1v) is 8.94. The molecule has 0 spiro atoms. The molecule has 1 fully saturated rings. The second-order valence-electron chi connectivity index (χ2n) is 6.31. The summed E-state index contributed by atoms with van der Waals surface area (Å²) in [5.74, 6) is -1.60. The van der Waals surface area contributed by atoms with Gasteiger partial charge in [0.2, 0.25) is 17.7 Å². The predicted octanol–water partition coefficient (Wildman–Crippen LogP) is 3.52. The smallest absolute Gasteiger partial charge is 0.244 e. The normalized spacial score (nSPS) is 25.2. The number of nitrogens with zero attached hydrogens (tertiary/aromatic N) is 1. The van der Waals surface area contributed by atoms with Crippen LogP contribution in [0, 0.1) is 17.8 Å². The second kappa shape index (κ2) is 7.18. The Morgan fingerprint density at radius 3 is 2.68 bits per heavy atom. The van der Waals surface area contributed by atoms with Gasteiger partial charge in [0.05, 0.1) is 21.9 Å². The maximum absolute atomic E-state index is 12.7. The Kier molecular flexibility index (Phi) is 5.16. The van der Waals surface area contributed by atoms with Gasteiger partial charge in [-0.1, -0.05) is 42.3 Å². The molecule has 0 bridgehead atoms. The van der Waals surface area contributed by atoms with E-state index in [2.05, 4.69) is 5.32 Å². The summed E-state index contributed by atoms with van der Waals surface area (Å²) in [5, 5.41) is 3.34. The molecular weight excluding hydrogens is 363 g/mol. The van der Waals surface area contributed by atoms with Crippen LogP contribution in [-0.4, -0.2) is 29.2 Å². The Morgan fingerprint density at radius 2 is 2.00 bits per heavy atom. The van der Waals surface area contributed by atoms with E-state index in [1.807, 2.05) is 19.1 Å². The largest absolute Gasteiger partial charge is 0.324 e. The van der Waals surface area contributed by atoms with Crippen molar-refractivity contribution in [3.63, 3.8) is 0 Å². The zero-order valence-electron chi connectivity index (χ0n) is 13.7. The molecule has 0 saturated carbocycles. The molecule has 1 N–H and O–H groups in total. The lowest BCUT2D eigenvalue weighted by Crippen LogP contribution is -2.38. The van der Waals surface area contributed by atoms with Crippen LogP contribution in [0.3, 0.4) is 0 Å². The highest BCUT2D eigenvalue weighted by atomic mass is 35.5. The molecule has 0 aromatic heterocycles. The number of rotatable bonds is 4. The highest BCUT2D eigenvalue weighted by molar-refractivity contribution is 6.42. The molecule has 3 rings (SSSR count). The van der Waals surface area contributed by atoms with Crippen molar-refractivity contribution in [2.45, 2.75) is 19.8 Å². The molecule has 7 heteroatoms. The van der Waals surface area contributed by atoms with Gasteiger partial charge in [0.1, 0.15) is 6.54 Å². The molecule has 5 nitrogen and oxygen atoms in total. The van der Waals surface area contributed by atoms with Gasteiger partial charge in [-0.25, -0.2) is 0 Å². The predicted molar refractivity (Wildman–Crippen MR) is 96.3 cm³/mol. The second-order valence-corrected chi connectivity index (χ2v) is 7.12. The maximum atomic E-state index is 12.7. The van der Waals surface area contributed by atoms with Crippen LogP contribution in [0.15, 0.2) is 30.4 Å². The van der Waals surface area contributed by atoms with E-state index in [4.69, 9.17) is 23.2 Å². The van der Waals surface area contributed by atoms with E-state index >= 15 is 0 Å². The molecule has 0 radical (unpaired) electrons. The monoisotopic (exact) mass is 380 g/mol. The number of allylic oxidation sites excluding steroid dienone is 2. The lowest BCUT2D eigenvalue weighted by molar-refractivity contribution is -0.142. The molecule has 1 aliphatic carbocycles. The molecule has 1 heterocycles. The molecular formula is C18H18Cl2N2O3. The molecule has 25 heavy (non-hydrogen) atoms. The van der Waals surface area contributed by atoms with E-state index in [1.54, 1.807) is 12.1 Å². The minimum Gasteiger partial charge on any atom is -0.324 e. The van der Waals surface area contributed by atoms with Crippen molar-refractivity contribution in [3.8, 4) is 0 Å². The number of fused-ring (bicyclic) bond motifs is 1. The quantitative estimate of drug-likeness (QED) is 0.641. The third-order valence-electron chi connectivity index (χ3n) is 4.78. The highest BCUT2D eigenvalue weighted by Gasteiger charge is 2.50. The van der Waals surface area contributed by atoms with Crippen LogP contribution in [0.2, 0.25) is 10.0 Å². The number of halogens is 2. The van der Waals surface area contributed by atoms with Crippen molar-refractivity contribution >= 4 is 46.6 Å². The number of hydrogen-bond donors (Lipinski definition) is 1. The fourth-order valence-electron chi connectivity index (χ4n) is 3.53. The molecule has 3 atom stereocenters. The number of likely N-dealkylation sites (tertiary alicyclic amines) is 1. The lowest BCUT2D eigenvalue weighted by atomic mass is 9.76. The minimum atomic E-state index is -0.445. The lowest BCUT2D eigenvalue weighted by Gasteiger charge is -2.24. The Morgan fingerprint density at radius 1 is 1.24 bits per heavy atom. The number of carbonyl (C=O) groups excluding carboxylic acids is 3. The van der Waals surface area contributed by atoms with E-state index < -0.39 is 5.91 Å². The summed E-state index contributed by atoms with van der Waals surface area (Å²) in [4.78, 5) is 38.6. The van der Waals surface area contributed by atoms with Gasteiger partial charge in [0, 0.05) is 5.69 Å². The van der Waals surface area contributed by atoms with Crippen molar-refractivity contribution in [1.29, 1.82) is 0 Å². The number of anilines is 1. The van der Waals surface area contributed by atoms with Gasteiger partial charge in [0.25, 0.3) is 0 Å². The average Bonchev–Trinajstić information content (AvgIpc) is 2.83. The topological polar surface area (TPSA) is 66.5 Å². The molecule has 1 saturated heterocycles. The van der Waals surface area contributed by atoms with Crippen LogP contribution < -0.4 is 5.32 Å². The number of carbonyl (C=O) groups is 3. The van der Waals surface area contributed by atoms with Gasteiger partial charge in [-0.05, 0) is 37.0 Å². The van der Waals surface area contributed by atoms with Gasteiger partial charge < -0.3 is 5.32 Å². The van der Waals surface area contributed by atoms with E-state index in [0.717, 1.165) is 11.3 Å². The third kappa shape index (κ3) is 3.44. The standard InChI is InChI=1S/C18H18Cl2N2O3/c1-2-10-4-3-5-12-16(10)18(25)22(17(12)24)9-15(23)21-11-6-7-13(19)14(20)8-11/h3-4,6-8,10,12,16H,2,5,9H2,1H3,(H,21,23)/t10-,12+,16+/m0/s1. The summed E-state index contributed by atoms with van der Waals surface area (Å²) in [7, 11) is 0. The van der Waals surface area contributed by atoms with Crippen LogP contribution >= 0.6 is 23.2 Å². The molecule has 132 valence electrons. The van der Waals surface area contributed by atoms with E-state index in [-0.39, 0.29) is 36.1 Å². The first-order valence-electron chi connectivity index (χ1n) is 8.19. The number of benzene rings is 1. The molecule has 3 amide bonds. The van der Waals surface area contributed by atoms with Crippen molar-refractivity contribution < 1.29 is 14.4 Å². The SMILES string of the molecule is CC[C@H]1C=CC[C@H]2C(=O)N(CC(=O)Nc3ccc(Cl)c(Cl)c3)C(=O)[C@H]12. The molecule has 0 unspecified atom stereocenters. The van der Waals surface area contributed by atoms with E-state index in [1.165, 1.54) is 6.07 Å². The number of nitrogens with one attached hydrogen (secondary N) is 1. The van der Waals surface area contributed by atoms with Crippen LogP contribution in [0.1, 0.15) is 19.8 Å². The molecule has 1 aromatic rings. The number of imide groups is 1. The number of hydrogen-bond acceptors (Lipinski definition) is 3. The Balaban J connectivity index is 1.70. The Labute approximate surface area is 156 Å². The minimum absolute atomic E-state index is 0.0540. The average molecular weight is 381 g/mol. The summed E-state index contributed by atoms with van der Waals surface area (Å²) in [6.45, 7) is 1.70. The summed E-state index contributed by atoms with van der Waals surface area (Å²) in [6, 6.07) is 4.69. The molecule has 1 aromatic carbocycles. The maximum Gasteiger partial charge on any atom is 0.244 e. The van der Waals surface area contributed by atoms with E-state index in [9.17, 15) is 14.4 Å². The van der Waals surface area contributed by atoms with Crippen molar-refractivity contribution in [2.75, 3.05) is 11.9 Å². The zero-order chi connectivity index (χ0) is 18.1. The van der Waals surface area contributed by atoms with Gasteiger partial charge in [0.15, 0.2) is 0 Å². The van der Waals surface area contributed by atoms with Crippen LogP contribution in [0.4, 0.5) is 5.69 Å². The van der Waals surface area contributed by atoms with Crippen molar-refractivity contribution in [1.82, 2.24) is 4.90 Å². The molecule has 1 aliphatic heterocycles. The highest BCUT2D eigenvalue weighted by Crippen LogP contribution is 2.39. The Bertz CT molecular complexity index is 763. The Hall–Kier alpha value is -1.85. The van der Waals surface area contributed by atoms with Crippen molar-refractivity contribution in [2.24, 2.45) is 17.8 Å². The fourth-order valence-corrected chi connectivity index (χ4v) is 3.83. The van der Waals surface area contributed by atoms with Gasteiger partial charge >= 0.3 is 0 Å². The van der Waals surface area contributed by atoms with E-state index in [0.29, 0.717) is 22.2 Å². The fraction of sp³-hybridized carbons (Fsp3) is 0.389. The van der Waals surface area contributed by atoms with Gasteiger partial charge in [-0.15, -0.1) is 0 Å². The summed E-state index contributed by atoms with van der Waals surface area (Å²) < 4.78 is 0. The summed E-state index contributed by atoms with van der Waals surface area (Å²) in [5.41, 5.74) is 0.462. The first-order chi connectivity index (χ1) is 11.9.